The van der Waals surface area contributed by atoms with Crippen LogP contribution >= 0.6 is 11.6 Å². The largest absolute Gasteiger partial charge is 0.481 e. The molecular formula is C30H28ClN3O4. The Morgan fingerprint density at radius 1 is 1.08 bits per heavy atom. The number of nitrogens with zero attached hydrogens (tertiary/aromatic N) is 3. The normalized spacial score (nSPS) is 22.2. The molecule has 4 aromatic rings. The Labute approximate surface area is 225 Å². The first-order chi connectivity index (χ1) is 18.3. The van der Waals surface area contributed by atoms with Gasteiger partial charge in [-0.2, -0.15) is 5.10 Å². The van der Waals surface area contributed by atoms with Crippen LogP contribution in [0.3, 0.4) is 0 Å². The fourth-order valence-corrected chi connectivity index (χ4v) is 6.57. The van der Waals surface area contributed by atoms with Crippen LogP contribution in [0.1, 0.15) is 48.0 Å². The number of methoxy groups -OCH3 is 1. The maximum atomic E-state index is 13.4. The Kier molecular flexibility index (Phi) is 6.19. The molecular weight excluding hydrogens is 502 g/mol. The number of carboxylic acid groups (broad SMARTS) is 1. The fourth-order valence-electron chi connectivity index (χ4n) is 6.37. The molecule has 6 rings (SSSR count). The minimum Gasteiger partial charge on any atom is -0.481 e. The zero-order valence-corrected chi connectivity index (χ0v) is 21.8. The first-order valence-electron chi connectivity index (χ1n) is 12.8. The lowest BCUT2D eigenvalue weighted by molar-refractivity contribution is -0.157. The Hall–Kier alpha value is -3.71. The van der Waals surface area contributed by atoms with Crippen LogP contribution in [0.5, 0.6) is 5.88 Å². The van der Waals surface area contributed by atoms with Gasteiger partial charge in [0.15, 0.2) is 5.78 Å². The van der Waals surface area contributed by atoms with Gasteiger partial charge in [0.2, 0.25) is 5.88 Å². The van der Waals surface area contributed by atoms with Crippen molar-refractivity contribution >= 4 is 34.3 Å². The summed E-state index contributed by atoms with van der Waals surface area (Å²) >= 11 is 6.48. The number of benzene rings is 2. The van der Waals surface area contributed by atoms with Crippen molar-refractivity contribution in [3.8, 4) is 17.0 Å². The molecule has 0 unspecified atom stereocenters. The Bertz CT molecular complexity index is 1530. The van der Waals surface area contributed by atoms with E-state index in [1.807, 2.05) is 22.9 Å². The number of aliphatic carboxylic acids is 1. The summed E-state index contributed by atoms with van der Waals surface area (Å²) < 4.78 is 7.09. The molecule has 2 aliphatic rings. The zero-order valence-electron chi connectivity index (χ0n) is 21.1. The Morgan fingerprint density at radius 2 is 1.84 bits per heavy atom. The van der Waals surface area contributed by atoms with Crippen LogP contribution in [-0.4, -0.2) is 38.7 Å². The van der Waals surface area contributed by atoms with E-state index in [1.54, 1.807) is 25.6 Å². The number of ketones is 1. The molecule has 0 amide bonds. The molecule has 0 saturated heterocycles. The fraction of sp³-hybridized carbons (Fsp3) is 0.333. The van der Waals surface area contributed by atoms with Crippen LogP contribution in [0, 0.1) is 17.3 Å². The lowest BCUT2D eigenvalue weighted by Crippen LogP contribution is -2.50. The first kappa shape index (κ1) is 24.6. The predicted molar refractivity (Wildman–Crippen MR) is 145 cm³/mol. The standard InChI is InChI=1S/C30H28ClN3O4/c1-38-27-11-21(8-9-32-27)20-4-2-18(3-5-20)17-34-28-23(6-7-25(31)24(28)16-33-34)26(35)10-19-12-30(13-19)14-22(15-30)29(36)37/h2-9,11,16,19,22H,10,12-15,17H2,1H3,(H,36,37). The second-order valence-corrected chi connectivity index (χ2v) is 11.2. The number of aromatic nitrogens is 3. The third-order valence-electron chi connectivity index (χ3n) is 8.24. The van der Waals surface area contributed by atoms with Crippen LogP contribution in [0.15, 0.2) is 60.9 Å². The van der Waals surface area contributed by atoms with Gasteiger partial charge < -0.3 is 9.84 Å². The maximum absolute atomic E-state index is 13.4. The van der Waals surface area contributed by atoms with Gasteiger partial charge in [-0.05, 0) is 71.9 Å². The lowest BCUT2D eigenvalue weighted by Gasteiger charge is -2.56. The number of halogens is 1. The average Bonchev–Trinajstić information content (AvgIpc) is 3.29. The van der Waals surface area contributed by atoms with Crippen LogP contribution in [0.4, 0.5) is 0 Å². The van der Waals surface area contributed by atoms with Gasteiger partial charge in [0.05, 0.1) is 36.3 Å². The van der Waals surface area contributed by atoms with E-state index < -0.39 is 5.97 Å². The number of hydrogen-bond donors (Lipinski definition) is 1. The second-order valence-electron chi connectivity index (χ2n) is 10.8. The molecule has 0 radical (unpaired) electrons. The summed E-state index contributed by atoms with van der Waals surface area (Å²) in [5.41, 5.74) is 4.67. The number of hydrogen-bond acceptors (Lipinski definition) is 5. The first-order valence-corrected chi connectivity index (χ1v) is 13.2. The van der Waals surface area contributed by atoms with Gasteiger partial charge in [-0.1, -0.05) is 35.9 Å². The predicted octanol–water partition coefficient (Wildman–Crippen LogP) is 6.27. The van der Waals surface area contributed by atoms with Gasteiger partial charge in [0.25, 0.3) is 0 Å². The Morgan fingerprint density at radius 3 is 2.55 bits per heavy atom. The highest BCUT2D eigenvalue weighted by Crippen LogP contribution is 2.62. The summed E-state index contributed by atoms with van der Waals surface area (Å²) in [6.45, 7) is 0.507. The molecule has 1 N–H and O–H groups in total. The monoisotopic (exact) mass is 529 g/mol. The number of ether oxygens (including phenoxy) is 1. The minimum absolute atomic E-state index is 0.0874. The van der Waals surface area contributed by atoms with E-state index in [2.05, 4.69) is 34.3 Å². The summed E-state index contributed by atoms with van der Waals surface area (Å²) in [5, 5.41) is 15.1. The number of rotatable bonds is 8. The van der Waals surface area contributed by atoms with E-state index in [-0.39, 0.29) is 17.1 Å². The van der Waals surface area contributed by atoms with Crippen molar-refractivity contribution in [3.63, 3.8) is 0 Å². The van der Waals surface area contributed by atoms with Crippen molar-refractivity contribution in [3.05, 3.63) is 77.1 Å². The summed E-state index contributed by atoms with van der Waals surface area (Å²) in [4.78, 5) is 28.8. The lowest BCUT2D eigenvalue weighted by atomic mass is 9.47. The van der Waals surface area contributed by atoms with Gasteiger partial charge in [0, 0.05) is 29.6 Å². The molecule has 2 fully saturated rings. The molecule has 8 heteroatoms. The van der Waals surface area contributed by atoms with Gasteiger partial charge in [-0.25, -0.2) is 4.98 Å². The van der Waals surface area contributed by atoms with Crippen molar-refractivity contribution in [2.45, 2.75) is 38.6 Å². The highest BCUT2D eigenvalue weighted by atomic mass is 35.5. The molecule has 2 aliphatic carbocycles. The van der Waals surface area contributed by atoms with Crippen molar-refractivity contribution in [1.82, 2.24) is 14.8 Å². The SMILES string of the molecule is COc1cc(-c2ccc(Cn3ncc4c(Cl)ccc(C(=O)CC5CC6(C5)CC(C(=O)O)C6)c43)cc2)ccn1. The highest BCUT2D eigenvalue weighted by Gasteiger charge is 2.54. The summed E-state index contributed by atoms with van der Waals surface area (Å²) in [6, 6.07) is 15.6. The number of pyridine rings is 1. The summed E-state index contributed by atoms with van der Waals surface area (Å²) in [6.07, 6.45) is 7.29. The number of carboxylic acids is 1. The van der Waals surface area contributed by atoms with E-state index in [0.717, 1.165) is 53.3 Å². The number of fused-ring (bicyclic) bond motifs is 1. The highest BCUT2D eigenvalue weighted by molar-refractivity contribution is 6.36. The van der Waals surface area contributed by atoms with E-state index in [9.17, 15) is 14.7 Å². The number of carbonyl (C=O) groups excluding carboxylic acids is 1. The van der Waals surface area contributed by atoms with Crippen LogP contribution in [0.25, 0.3) is 22.0 Å². The van der Waals surface area contributed by atoms with E-state index in [0.29, 0.717) is 35.3 Å². The molecule has 7 nitrogen and oxygen atoms in total. The van der Waals surface area contributed by atoms with E-state index in [4.69, 9.17) is 16.3 Å². The van der Waals surface area contributed by atoms with Gasteiger partial charge in [0.1, 0.15) is 0 Å². The quantitative estimate of drug-likeness (QED) is 0.270. The summed E-state index contributed by atoms with van der Waals surface area (Å²) in [5.74, 6) is 0.0543. The van der Waals surface area contributed by atoms with Crippen LogP contribution < -0.4 is 4.74 Å². The van der Waals surface area contributed by atoms with Crippen molar-refractivity contribution in [2.24, 2.45) is 17.3 Å². The van der Waals surface area contributed by atoms with Gasteiger partial charge >= 0.3 is 5.97 Å². The van der Waals surface area contributed by atoms with Crippen molar-refractivity contribution in [1.29, 1.82) is 0 Å². The van der Waals surface area contributed by atoms with Crippen molar-refractivity contribution < 1.29 is 19.4 Å². The van der Waals surface area contributed by atoms with Crippen LogP contribution in [-0.2, 0) is 11.3 Å². The molecule has 0 aliphatic heterocycles. The van der Waals surface area contributed by atoms with Crippen molar-refractivity contribution in [2.75, 3.05) is 7.11 Å². The molecule has 2 aromatic heterocycles. The molecule has 38 heavy (non-hydrogen) atoms. The molecule has 2 heterocycles. The van der Waals surface area contributed by atoms with E-state index in [1.165, 1.54) is 0 Å². The molecule has 1 spiro atoms. The maximum Gasteiger partial charge on any atom is 0.306 e. The minimum atomic E-state index is -0.695. The second kappa shape index (κ2) is 9.55. The number of carbonyl (C=O) groups is 2. The molecule has 0 atom stereocenters. The molecule has 194 valence electrons. The molecule has 0 bridgehead atoms. The zero-order chi connectivity index (χ0) is 26.4. The third kappa shape index (κ3) is 4.45. The molecule has 2 aromatic carbocycles. The Balaban J connectivity index is 1.19. The smallest absolute Gasteiger partial charge is 0.306 e. The average molecular weight is 530 g/mol. The summed E-state index contributed by atoms with van der Waals surface area (Å²) in [7, 11) is 1.60. The van der Waals surface area contributed by atoms with Gasteiger partial charge in [-0.15, -0.1) is 0 Å². The topological polar surface area (TPSA) is 94.3 Å². The van der Waals surface area contributed by atoms with E-state index >= 15 is 0 Å². The third-order valence-corrected chi connectivity index (χ3v) is 8.57. The van der Waals surface area contributed by atoms with Crippen LogP contribution in [0.2, 0.25) is 5.02 Å². The number of Topliss-reactive ketones (excluding diaryl/α,β-unsaturated/α-hetero) is 1. The van der Waals surface area contributed by atoms with Gasteiger partial charge in [-0.3, -0.25) is 14.3 Å². The molecule has 2 saturated carbocycles.